The zero-order valence-electron chi connectivity index (χ0n) is 12.3. The number of hydrogen-bond donors (Lipinski definition) is 2. The van der Waals surface area contributed by atoms with Crippen LogP contribution in [-0.4, -0.2) is 21.0 Å². The van der Waals surface area contributed by atoms with Crippen LogP contribution in [0, 0.1) is 8.98 Å². The average Bonchev–Trinajstić information content (AvgIpc) is 3.15. The van der Waals surface area contributed by atoms with Crippen molar-refractivity contribution in [2.45, 2.75) is 0 Å². The SMILES string of the molecule is N=Cc1c(-c2cccc(I)c2)[nH]n(-c2nc3ccccc3s2)c1=O. The van der Waals surface area contributed by atoms with Crippen LogP contribution < -0.4 is 5.56 Å². The molecule has 0 aliphatic heterocycles. The summed E-state index contributed by atoms with van der Waals surface area (Å²) in [5.41, 5.74) is 2.42. The normalized spacial score (nSPS) is 11.0. The summed E-state index contributed by atoms with van der Waals surface area (Å²) >= 11 is 3.67. The highest BCUT2D eigenvalue weighted by molar-refractivity contribution is 14.1. The van der Waals surface area contributed by atoms with Crippen LogP contribution in [-0.2, 0) is 0 Å². The number of aromatic nitrogens is 3. The van der Waals surface area contributed by atoms with Crippen molar-refractivity contribution < 1.29 is 0 Å². The molecule has 0 aliphatic rings. The van der Waals surface area contributed by atoms with Crippen LogP contribution >= 0.6 is 33.9 Å². The molecule has 0 atom stereocenters. The molecule has 24 heavy (non-hydrogen) atoms. The van der Waals surface area contributed by atoms with Crippen molar-refractivity contribution in [1.29, 1.82) is 5.41 Å². The Morgan fingerprint density at radius 3 is 2.79 bits per heavy atom. The lowest BCUT2D eigenvalue weighted by molar-refractivity contribution is 0.845. The standard InChI is InChI=1S/C17H11IN4OS/c18-11-5-3-4-10(8-11)15-12(9-19)16(23)22(21-15)17-20-13-6-1-2-7-14(13)24-17/h1-9,19,21H. The fourth-order valence-corrected chi connectivity index (χ4v) is 4.01. The Morgan fingerprint density at radius 1 is 1.21 bits per heavy atom. The second-order valence-corrected chi connectivity index (χ2v) is 7.41. The molecule has 4 rings (SSSR count). The lowest BCUT2D eigenvalue weighted by Gasteiger charge is -2.00. The molecule has 4 aromatic rings. The van der Waals surface area contributed by atoms with Crippen LogP contribution in [0.25, 0.3) is 26.6 Å². The number of fused-ring (bicyclic) bond motifs is 1. The van der Waals surface area contributed by atoms with Gasteiger partial charge in [-0.2, -0.15) is 4.68 Å². The Balaban J connectivity index is 1.94. The monoisotopic (exact) mass is 446 g/mol. The van der Waals surface area contributed by atoms with Gasteiger partial charge in [0.25, 0.3) is 5.56 Å². The summed E-state index contributed by atoms with van der Waals surface area (Å²) in [5, 5.41) is 11.3. The van der Waals surface area contributed by atoms with Gasteiger partial charge >= 0.3 is 0 Å². The van der Waals surface area contributed by atoms with Crippen molar-refractivity contribution in [3.05, 3.63) is 68.0 Å². The minimum atomic E-state index is -0.266. The van der Waals surface area contributed by atoms with Gasteiger partial charge in [-0.3, -0.25) is 9.89 Å². The summed E-state index contributed by atoms with van der Waals surface area (Å²) in [4.78, 5) is 17.2. The van der Waals surface area contributed by atoms with Crippen molar-refractivity contribution >= 4 is 50.4 Å². The number of nitrogens with one attached hydrogen (secondary N) is 2. The number of benzene rings is 2. The van der Waals surface area contributed by atoms with Gasteiger partial charge in [0.1, 0.15) is 0 Å². The van der Waals surface area contributed by atoms with Crippen molar-refractivity contribution in [2.24, 2.45) is 0 Å². The molecule has 0 saturated carbocycles. The van der Waals surface area contributed by atoms with Gasteiger partial charge in [0, 0.05) is 15.3 Å². The summed E-state index contributed by atoms with van der Waals surface area (Å²) < 4.78 is 3.50. The smallest absolute Gasteiger partial charge is 0.282 e. The number of halogens is 1. The second kappa shape index (κ2) is 5.99. The van der Waals surface area contributed by atoms with Crippen LogP contribution in [0.4, 0.5) is 0 Å². The van der Waals surface area contributed by atoms with Gasteiger partial charge in [-0.05, 0) is 46.9 Å². The van der Waals surface area contributed by atoms with Crippen molar-refractivity contribution in [3.8, 4) is 16.4 Å². The van der Waals surface area contributed by atoms with E-state index in [9.17, 15) is 4.79 Å². The first kappa shape index (κ1) is 15.3. The third-order valence-electron chi connectivity index (χ3n) is 3.66. The molecule has 2 N–H and O–H groups in total. The highest BCUT2D eigenvalue weighted by Gasteiger charge is 2.17. The van der Waals surface area contributed by atoms with Crippen molar-refractivity contribution in [1.82, 2.24) is 14.8 Å². The lowest BCUT2D eigenvalue weighted by Crippen LogP contribution is -2.16. The van der Waals surface area contributed by atoms with Crippen LogP contribution in [0.3, 0.4) is 0 Å². The van der Waals surface area contributed by atoms with Crippen molar-refractivity contribution in [3.63, 3.8) is 0 Å². The molecule has 0 radical (unpaired) electrons. The molecule has 2 aromatic heterocycles. The number of hydrogen-bond acceptors (Lipinski definition) is 4. The van der Waals surface area contributed by atoms with Crippen LogP contribution in [0.15, 0.2) is 53.3 Å². The van der Waals surface area contributed by atoms with Gasteiger partial charge < -0.3 is 5.41 Å². The summed E-state index contributed by atoms with van der Waals surface area (Å²) in [6.45, 7) is 0. The second-order valence-electron chi connectivity index (χ2n) is 5.16. The molecule has 0 bridgehead atoms. The summed E-state index contributed by atoms with van der Waals surface area (Å²) in [6.07, 6.45) is 1.10. The molecule has 0 fully saturated rings. The van der Waals surface area contributed by atoms with E-state index in [0.29, 0.717) is 16.4 Å². The van der Waals surface area contributed by atoms with Crippen LogP contribution in [0.5, 0.6) is 0 Å². The van der Waals surface area contributed by atoms with E-state index in [0.717, 1.165) is 25.6 Å². The minimum Gasteiger partial charge on any atom is -0.308 e. The van der Waals surface area contributed by atoms with E-state index in [1.54, 1.807) is 0 Å². The Bertz CT molecular complexity index is 1090. The van der Waals surface area contributed by atoms with E-state index in [1.165, 1.54) is 16.0 Å². The third kappa shape index (κ3) is 2.49. The Kier molecular flexibility index (Phi) is 3.81. The molecule has 5 nitrogen and oxygen atoms in total. The molecule has 0 amide bonds. The molecular formula is C17H11IN4OS. The van der Waals surface area contributed by atoms with E-state index in [2.05, 4.69) is 32.7 Å². The van der Waals surface area contributed by atoms with Crippen molar-refractivity contribution in [2.75, 3.05) is 0 Å². The number of H-pyrrole nitrogens is 1. The van der Waals surface area contributed by atoms with E-state index in [-0.39, 0.29) is 5.56 Å². The van der Waals surface area contributed by atoms with Gasteiger partial charge in [-0.1, -0.05) is 35.6 Å². The van der Waals surface area contributed by atoms with Gasteiger partial charge in [0.15, 0.2) is 0 Å². The topological polar surface area (TPSA) is 74.5 Å². The first-order valence-electron chi connectivity index (χ1n) is 7.15. The van der Waals surface area contributed by atoms with Gasteiger partial charge in [-0.15, -0.1) is 0 Å². The zero-order chi connectivity index (χ0) is 16.7. The highest BCUT2D eigenvalue weighted by Crippen LogP contribution is 2.26. The zero-order valence-corrected chi connectivity index (χ0v) is 15.3. The van der Waals surface area contributed by atoms with E-state index < -0.39 is 0 Å². The minimum absolute atomic E-state index is 0.266. The predicted octanol–water partition coefficient (Wildman–Crippen LogP) is 4.04. The maximum absolute atomic E-state index is 12.7. The molecule has 118 valence electrons. The fourth-order valence-electron chi connectivity index (χ4n) is 2.54. The van der Waals surface area contributed by atoms with E-state index in [1.807, 2.05) is 48.5 Å². The molecule has 0 spiro atoms. The highest BCUT2D eigenvalue weighted by atomic mass is 127. The van der Waals surface area contributed by atoms with Gasteiger partial charge in [0.2, 0.25) is 5.13 Å². The molecule has 2 heterocycles. The fraction of sp³-hybridized carbons (Fsp3) is 0. The Morgan fingerprint density at radius 2 is 2.04 bits per heavy atom. The molecule has 2 aromatic carbocycles. The first-order valence-corrected chi connectivity index (χ1v) is 9.04. The number of rotatable bonds is 3. The van der Waals surface area contributed by atoms with E-state index >= 15 is 0 Å². The molecular weight excluding hydrogens is 435 g/mol. The Labute approximate surface area is 154 Å². The summed E-state index contributed by atoms with van der Waals surface area (Å²) in [6, 6.07) is 15.6. The van der Waals surface area contributed by atoms with E-state index in [4.69, 9.17) is 5.41 Å². The number of nitrogens with zero attached hydrogens (tertiary/aromatic N) is 2. The lowest BCUT2D eigenvalue weighted by atomic mass is 10.1. The first-order chi connectivity index (χ1) is 11.7. The largest absolute Gasteiger partial charge is 0.308 e. The van der Waals surface area contributed by atoms with Crippen LogP contribution in [0.2, 0.25) is 0 Å². The number of aromatic amines is 1. The Hall–Kier alpha value is -2.26. The quantitative estimate of drug-likeness (QED) is 0.368. The van der Waals surface area contributed by atoms with Gasteiger partial charge in [-0.25, -0.2) is 4.98 Å². The number of thiazole rings is 1. The summed E-state index contributed by atoms with van der Waals surface area (Å²) in [5.74, 6) is 0. The maximum atomic E-state index is 12.7. The summed E-state index contributed by atoms with van der Waals surface area (Å²) in [7, 11) is 0. The molecule has 0 aliphatic carbocycles. The predicted molar refractivity (Wildman–Crippen MR) is 106 cm³/mol. The molecule has 0 saturated heterocycles. The average molecular weight is 446 g/mol. The maximum Gasteiger partial charge on any atom is 0.282 e. The molecule has 7 heteroatoms. The number of para-hydroxylation sites is 1. The van der Waals surface area contributed by atoms with Gasteiger partial charge in [0.05, 0.1) is 21.5 Å². The molecule has 0 unspecified atom stereocenters. The van der Waals surface area contributed by atoms with Crippen LogP contribution in [0.1, 0.15) is 5.56 Å². The third-order valence-corrected chi connectivity index (χ3v) is 5.35.